The fraction of sp³-hybridized carbons (Fsp3) is 0.818. The van der Waals surface area contributed by atoms with Gasteiger partial charge in [-0.05, 0) is 25.7 Å². The molecule has 0 spiro atoms. The molecule has 5 nitrogen and oxygen atoms in total. The lowest BCUT2D eigenvalue weighted by Crippen LogP contribution is -2.38. The van der Waals surface area contributed by atoms with Crippen LogP contribution in [-0.2, 0) is 16.7 Å². The molecule has 5 heteroatoms. The van der Waals surface area contributed by atoms with Gasteiger partial charge in [-0.1, -0.05) is 12.1 Å². The van der Waals surface area contributed by atoms with Crippen molar-refractivity contribution in [2.75, 3.05) is 13.2 Å². The molecule has 90 valence electrons. The van der Waals surface area contributed by atoms with E-state index >= 15 is 0 Å². The van der Waals surface area contributed by atoms with Crippen LogP contribution in [0.3, 0.4) is 0 Å². The van der Waals surface area contributed by atoms with E-state index in [2.05, 4.69) is 17.1 Å². The van der Waals surface area contributed by atoms with Gasteiger partial charge in [0.25, 0.3) is 0 Å². The highest BCUT2D eigenvalue weighted by molar-refractivity contribution is 5.04. The average Bonchev–Trinajstić information content (AvgIpc) is 2.63. The van der Waals surface area contributed by atoms with E-state index in [1.165, 1.54) is 0 Å². The molecule has 0 bridgehead atoms. The first kappa shape index (κ1) is 11.5. The van der Waals surface area contributed by atoms with E-state index in [4.69, 9.17) is 15.0 Å². The van der Waals surface area contributed by atoms with Crippen molar-refractivity contribution in [1.82, 2.24) is 10.1 Å². The molecule has 1 atom stereocenters. The summed E-state index contributed by atoms with van der Waals surface area (Å²) >= 11 is 0. The molecule has 1 fully saturated rings. The van der Waals surface area contributed by atoms with Gasteiger partial charge in [0.2, 0.25) is 5.89 Å². The normalized spacial score (nSPS) is 26.6. The Bertz CT molecular complexity index is 330. The Morgan fingerprint density at radius 1 is 1.38 bits per heavy atom. The third-order valence-corrected chi connectivity index (χ3v) is 2.98. The number of aryl methyl sites for hydroxylation is 1. The molecule has 2 N–H and O–H groups in total. The first-order valence-corrected chi connectivity index (χ1v) is 5.94. The smallest absolute Gasteiger partial charge is 0.226 e. The van der Waals surface area contributed by atoms with E-state index in [1.807, 2.05) is 0 Å². The van der Waals surface area contributed by atoms with Crippen LogP contribution in [0.5, 0.6) is 0 Å². The molecule has 1 saturated heterocycles. The Labute approximate surface area is 95.3 Å². The second kappa shape index (κ2) is 4.93. The zero-order chi connectivity index (χ0) is 11.4. The molecule has 16 heavy (non-hydrogen) atoms. The standard InChI is InChI=1S/C11H19N3O2/c1-2-4-9-13-10(14-16-9)11(12)5-3-7-15-8-6-11/h2-8,12H2,1H3. The number of nitrogens with zero attached hydrogens (tertiary/aromatic N) is 2. The molecule has 0 saturated carbocycles. The molecule has 1 aromatic rings. The van der Waals surface area contributed by atoms with E-state index in [1.54, 1.807) is 0 Å². The number of aromatic nitrogens is 2. The fourth-order valence-corrected chi connectivity index (χ4v) is 1.97. The molecule has 1 aliphatic rings. The highest BCUT2D eigenvalue weighted by Crippen LogP contribution is 2.27. The summed E-state index contributed by atoms with van der Waals surface area (Å²) in [6, 6.07) is 0. The second-order valence-electron chi connectivity index (χ2n) is 4.38. The van der Waals surface area contributed by atoms with Gasteiger partial charge < -0.3 is 15.0 Å². The maximum atomic E-state index is 6.32. The summed E-state index contributed by atoms with van der Waals surface area (Å²) in [6.45, 7) is 3.54. The zero-order valence-electron chi connectivity index (χ0n) is 9.74. The third kappa shape index (κ3) is 2.41. The minimum absolute atomic E-state index is 0.466. The Morgan fingerprint density at radius 3 is 3.06 bits per heavy atom. The fourth-order valence-electron chi connectivity index (χ4n) is 1.97. The summed E-state index contributed by atoms with van der Waals surface area (Å²) in [5, 5.41) is 4.01. The molecular weight excluding hydrogens is 206 g/mol. The summed E-state index contributed by atoms with van der Waals surface area (Å²) in [5.74, 6) is 1.33. The van der Waals surface area contributed by atoms with Gasteiger partial charge >= 0.3 is 0 Å². The molecular formula is C11H19N3O2. The molecule has 2 rings (SSSR count). The van der Waals surface area contributed by atoms with Crippen molar-refractivity contribution < 1.29 is 9.26 Å². The van der Waals surface area contributed by atoms with Crippen LogP contribution in [0.4, 0.5) is 0 Å². The summed E-state index contributed by atoms with van der Waals surface area (Å²) in [4.78, 5) is 4.38. The summed E-state index contributed by atoms with van der Waals surface area (Å²) in [7, 11) is 0. The van der Waals surface area contributed by atoms with Gasteiger partial charge in [0.1, 0.15) is 0 Å². The SMILES string of the molecule is CCCc1nc(C2(N)CCCOCC2)no1. The van der Waals surface area contributed by atoms with Crippen molar-refractivity contribution in [3.8, 4) is 0 Å². The highest BCUT2D eigenvalue weighted by Gasteiger charge is 2.33. The maximum absolute atomic E-state index is 6.32. The number of hydrogen-bond acceptors (Lipinski definition) is 5. The van der Waals surface area contributed by atoms with Crippen LogP contribution in [-0.4, -0.2) is 23.4 Å². The average molecular weight is 225 g/mol. The van der Waals surface area contributed by atoms with Crippen molar-refractivity contribution in [1.29, 1.82) is 0 Å². The molecule has 0 aliphatic carbocycles. The highest BCUT2D eigenvalue weighted by atomic mass is 16.5. The number of rotatable bonds is 3. The lowest BCUT2D eigenvalue weighted by Gasteiger charge is -2.22. The number of nitrogens with two attached hydrogens (primary N) is 1. The number of hydrogen-bond donors (Lipinski definition) is 1. The Hall–Kier alpha value is -0.940. The topological polar surface area (TPSA) is 74.2 Å². The molecule has 0 aromatic carbocycles. The van der Waals surface area contributed by atoms with Crippen LogP contribution in [0.15, 0.2) is 4.52 Å². The van der Waals surface area contributed by atoms with Crippen LogP contribution in [0, 0.1) is 0 Å². The first-order valence-electron chi connectivity index (χ1n) is 5.94. The van der Waals surface area contributed by atoms with Gasteiger partial charge in [0.05, 0.1) is 5.54 Å². The Morgan fingerprint density at radius 2 is 2.25 bits per heavy atom. The first-order chi connectivity index (χ1) is 7.74. The van der Waals surface area contributed by atoms with Gasteiger partial charge in [-0.2, -0.15) is 4.98 Å². The van der Waals surface area contributed by atoms with Crippen LogP contribution >= 0.6 is 0 Å². The summed E-state index contributed by atoms with van der Waals surface area (Å²) in [6.07, 6.45) is 4.40. The van der Waals surface area contributed by atoms with Crippen molar-refractivity contribution >= 4 is 0 Å². The maximum Gasteiger partial charge on any atom is 0.226 e. The molecule has 2 heterocycles. The lowest BCUT2D eigenvalue weighted by atomic mass is 9.91. The van der Waals surface area contributed by atoms with Gasteiger partial charge in [-0.3, -0.25) is 0 Å². The van der Waals surface area contributed by atoms with Gasteiger partial charge in [0.15, 0.2) is 5.82 Å². The third-order valence-electron chi connectivity index (χ3n) is 2.98. The molecule has 1 aromatic heterocycles. The van der Waals surface area contributed by atoms with Crippen LogP contribution in [0.1, 0.15) is 44.3 Å². The lowest BCUT2D eigenvalue weighted by molar-refractivity contribution is 0.139. The predicted octanol–water partition coefficient (Wildman–Crippen LogP) is 1.38. The quantitative estimate of drug-likeness (QED) is 0.841. The zero-order valence-corrected chi connectivity index (χ0v) is 9.74. The van der Waals surface area contributed by atoms with E-state index in [0.29, 0.717) is 18.3 Å². The van der Waals surface area contributed by atoms with Crippen LogP contribution in [0.25, 0.3) is 0 Å². The van der Waals surface area contributed by atoms with E-state index < -0.39 is 5.54 Å². The number of ether oxygens (including phenoxy) is 1. The van der Waals surface area contributed by atoms with Gasteiger partial charge in [0, 0.05) is 19.6 Å². The van der Waals surface area contributed by atoms with Crippen molar-refractivity contribution in [3.63, 3.8) is 0 Å². The van der Waals surface area contributed by atoms with Crippen molar-refractivity contribution in [3.05, 3.63) is 11.7 Å². The summed E-state index contributed by atoms with van der Waals surface area (Å²) < 4.78 is 10.6. The van der Waals surface area contributed by atoms with Crippen LogP contribution in [0.2, 0.25) is 0 Å². The molecule has 1 unspecified atom stereocenters. The Kier molecular flexibility index (Phi) is 3.56. The van der Waals surface area contributed by atoms with Gasteiger partial charge in [-0.25, -0.2) is 0 Å². The molecule has 0 amide bonds. The predicted molar refractivity (Wildman–Crippen MR) is 58.8 cm³/mol. The minimum atomic E-state index is -0.466. The van der Waals surface area contributed by atoms with E-state index in [0.717, 1.165) is 38.7 Å². The monoisotopic (exact) mass is 225 g/mol. The molecule has 1 aliphatic heterocycles. The minimum Gasteiger partial charge on any atom is -0.381 e. The summed E-state index contributed by atoms with van der Waals surface area (Å²) in [5.41, 5.74) is 5.86. The van der Waals surface area contributed by atoms with Crippen LogP contribution < -0.4 is 5.73 Å². The Balaban J connectivity index is 2.13. The van der Waals surface area contributed by atoms with Gasteiger partial charge in [-0.15, -0.1) is 0 Å². The van der Waals surface area contributed by atoms with Crippen molar-refractivity contribution in [2.24, 2.45) is 5.73 Å². The van der Waals surface area contributed by atoms with Crippen molar-refractivity contribution in [2.45, 2.75) is 44.6 Å². The second-order valence-corrected chi connectivity index (χ2v) is 4.38. The largest absolute Gasteiger partial charge is 0.381 e. The van der Waals surface area contributed by atoms with E-state index in [9.17, 15) is 0 Å². The molecule has 0 radical (unpaired) electrons. The van der Waals surface area contributed by atoms with E-state index in [-0.39, 0.29) is 0 Å².